The van der Waals surface area contributed by atoms with E-state index in [-0.39, 0.29) is 5.56 Å². The summed E-state index contributed by atoms with van der Waals surface area (Å²) in [6.45, 7) is 0. The smallest absolute Gasteiger partial charge is 0.194 e. The van der Waals surface area contributed by atoms with Crippen molar-refractivity contribution in [2.45, 2.75) is 0 Å². The summed E-state index contributed by atoms with van der Waals surface area (Å²) in [5.74, 6) is -3.96. The minimum atomic E-state index is -1.48. The molecule has 2 rings (SSSR count). The second kappa shape index (κ2) is 3.90. The Hall–Kier alpha value is -0.950. The minimum Gasteiger partial charge on any atom is -0.204 e. The molecule has 7 heteroatoms. The first-order valence-electron chi connectivity index (χ1n) is 3.72. The molecule has 78 valence electrons. The third kappa shape index (κ3) is 2.03. The molecule has 2 aromatic rings. The van der Waals surface area contributed by atoms with E-state index < -0.39 is 17.5 Å². The molecular formula is C8H2BrF3N2S. The van der Waals surface area contributed by atoms with Crippen LogP contribution >= 0.6 is 27.3 Å². The van der Waals surface area contributed by atoms with Gasteiger partial charge >= 0.3 is 0 Å². The fraction of sp³-hybridized carbons (Fsp3) is 0. The SMILES string of the molecule is Fc1cc(-c2nnc(Br)s2)cc(F)c1F. The van der Waals surface area contributed by atoms with Gasteiger partial charge in [0.15, 0.2) is 21.4 Å². The van der Waals surface area contributed by atoms with Gasteiger partial charge in [0.05, 0.1) is 0 Å². The molecule has 0 bridgehead atoms. The summed E-state index contributed by atoms with van der Waals surface area (Å²) in [5, 5.41) is 7.60. The Morgan fingerprint density at radius 2 is 1.67 bits per heavy atom. The Morgan fingerprint density at radius 3 is 2.13 bits per heavy atom. The second-order valence-corrected chi connectivity index (χ2v) is 4.87. The van der Waals surface area contributed by atoms with Crippen LogP contribution in [-0.4, -0.2) is 10.2 Å². The van der Waals surface area contributed by atoms with Crippen molar-refractivity contribution in [3.8, 4) is 10.6 Å². The lowest BCUT2D eigenvalue weighted by molar-refractivity contribution is 0.447. The highest BCUT2D eigenvalue weighted by Crippen LogP contribution is 2.28. The third-order valence-corrected chi connectivity index (χ3v) is 3.04. The predicted molar refractivity (Wildman–Crippen MR) is 52.9 cm³/mol. The van der Waals surface area contributed by atoms with E-state index in [1.807, 2.05) is 0 Å². The third-order valence-electron chi connectivity index (χ3n) is 1.63. The highest BCUT2D eigenvalue weighted by Gasteiger charge is 2.13. The van der Waals surface area contributed by atoms with Gasteiger partial charge in [-0.05, 0) is 28.1 Å². The lowest BCUT2D eigenvalue weighted by Crippen LogP contribution is -1.91. The highest BCUT2D eigenvalue weighted by molar-refractivity contribution is 9.11. The van der Waals surface area contributed by atoms with Crippen LogP contribution in [0.2, 0.25) is 0 Å². The molecule has 0 radical (unpaired) electrons. The van der Waals surface area contributed by atoms with Crippen LogP contribution in [0.3, 0.4) is 0 Å². The average molecular weight is 295 g/mol. The number of halogens is 4. The van der Waals surface area contributed by atoms with Crippen LogP contribution in [0, 0.1) is 17.5 Å². The van der Waals surface area contributed by atoms with Gasteiger partial charge in [0.2, 0.25) is 0 Å². The van der Waals surface area contributed by atoms with E-state index in [4.69, 9.17) is 0 Å². The zero-order chi connectivity index (χ0) is 11.0. The van der Waals surface area contributed by atoms with Crippen LogP contribution in [0.1, 0.15) is 0 Å². The number of nitrogens with zero attached hydrogens (tertiary/aromatic N) is 2. The van der Waals surface area contributed by atoms with E-state index in [1.54, 1.807) is 0 Å². The van der Waals surface area contributed by atoms with Gasteiger partial charge in [-0.2, -0.15) is 0 Å². The molecular weight excluding hydrogens is 293 g/mol. The first-order valence-corrected chi connectivity index (χ1v) is 5.33. The molecule has 0 saturated carbocycles. The van der Waals surface area contributed by atoms with E-state index in [2.05, 4.69) is 26.1 Å². The van der Waals surface area contributed by atoms with Crippen LogP contribution in [0.25, 0.3) is 10.6 Å². The molecule has 0 aliphatic heterocycles. The highest BCUT2D eigenvalue weighted by atomic mass is 79.9. The summed E-state index contributed by atoms with van der Waals surface area (Å²) in [4.78, 5) is 0. The molecule has 0 amide bonds. The van der Waals surface area contributed by atoms with Crippen molar-refractivity contribution in [3.63, 3.8) is 0 Å². The number of hydrogen-bond acceptors (Lipinski definition) is 3. The minimum absolute atomic E-state index is 0.162. The Balaban J connectivity index is 2.55. The average Bonchev–Trinajstić information content (AvgIpc) is 2.60. The van der Waals surface area contributed by atoms with Gasteiger partial charge < -0.3 is 0 Å². The predicted octanol–water partition coefficient (Wildman–Crippen LogP) is 3.38. The van der Waals surface area contributed by atoms with Crippen molar-refractivity contribution in [3.05, 3.63) is 33.5 Å². The molecule has 1 heterocycles. The number of rotatable bonds is 1. The quantitative estimate of drug-likeness (QED) is 0.754. The van der Waals surface area contributed by atoms with Crippen LogP contribution in [0.4, 0.5) is 13.2 Å². The van der Waals surface area contributed by atoms with Gasteiger partial charge in [-0.3, -0.25) is 0 Å². The number of hydrogen-bond donors (Lipinski definition) is 0. The Bertz CT molecular complexity index is 491. The van der Waals surface area contributed by atoms with E-state index in [0.29, 0.717) is 8.92 Å². The topological polar surface area (TPSA) is 25.8 Å². The van der Waals surface area contributed by atoms with Crippen LogP contribution in [0.15, 0.2) is 16.0 Å². The summed E-state index contributed by atoms with van der Waals surface area (Å²) in [7, 11) is 0. The number of aromatic nitrogens is 2. The Morgan fingerprint density at radius 1 is 1.07 bits per heavy atom. The van der Waals surface area contributed by atoms with Crippen LogP contribution < -0.4 is 0 Å². The van der Waals surface area contributed by atoms with Crippen molar-refractivity contribution in [2.75, 3.05) is 0 Å². The molecule has 0 atom stereocenters. The van der Waals surface area contributed by atoms with Gasteiger partial charge in [-0.15, -0.1) is 10.2 Å². The maximum Gasteiger partial charge on any atom is 0.194 e. The molecule has 1 aromatic carbocycles. The monoisotopic (exact) mass is 294 g/mol. The lowest BCUT2D eigenvalue weighted by atomic mass is 10.2. The van der Waals surface area contributed by atoms with E-state index >= 15 is 0 Å². The summed E-state index contributed by atoms with van der Waals surface area (Å²) in [6, 6.07) is 1.76. The largest absolute Gasteiger partial charge is 0.204 e. The van der Waals surface area contributed by atoms with Crippen molar-refractivity contribution >= 4 is 27.3 Å². The zero-order valence-electron chi connectivity index (χ0n) is 6.97. The molecule has 0 fully saturated rings. The van der Waals surface area contributed by atoms with E-state index in [9.17, 15) is 13.2 Å². The molecule has 0 saturated heterocycles. The fourth-order valence-electron chi connectivity index (χ4n) is 1.00. The first kappa shape index (κ1) is 10.6. The van der Waals surface area contributed by atoms with Gasteiger partial charge in [-0.1, -0.05) is 11.3 Å². The maximum atomic E-state index is 12.9. The summed E-state index contributed by atoms with van der Waals surface area (Å²) >= 11 is 4.17. The van der Waals surface area contributed by atoms with Gasteiger partial charge in [0.25, 0.3) is 0 Å². The van der Waals surface area contributed by atoms with E-state index in [1.165, 1.54) is 0 Å². The van der Waals surface area contributed by atoms with Crippen molar-refractivity contribution < 1.29 is 13.2 Å². The van der Waals surface area contributed by atoms with Crippen molar-refractivity contribution in [1.82, 2.24) is 10.2 Å². The Labute approximate surface area is 94.9 Å². The standard InChI is InChI=1S/C8H2BrF3N2S/c9-8-14-13-7(15-8)3-1-4(10)6(12)5(11)2-3/h1-2H. The molecule has 0 spiro atoms. The van der Waals surface area contributed by atoms with E-state index in [0.717, 1.165) is 23.5 Å². The molecule has 15 heavy (non-hydrogen) atoms. The van der Waals surface area contributed by atoms with Crippen molar-refractivity contribution in [2.24, 2.45) is 0 Å². The van der Waals surface area contributed by atoms with Crippen LogP contribution in [-0.2, 0) is 0 Å². The number of benzene rings is 1. The molecule has 0 aliphatic rings. The molecule has 2 nitrogen and oxygen atoms in total. The van der Waals surface area contributed by atoms with Gasteiger partial charge in [0.1, 0.15) is 5.01 Å². The molecule has 0 unspecified atom stereocenters. The molecule has 0 aliphatic carbocycles. The van der Waals surface area contributed by atoms with Gasteiger partial charge in [0, 0.05) is 5.56 Å². The zero-order valence-corrected chi connectivity index (χ0v) is 9.37. The maximum absolute atomic E-state index is 12.9. The van der Waals surface area contributed by atoms with Crippen molar-refractivity contribution in [1.29, 1.82) is 0 Å². The molecule has 0 N–H and O–H groups in total. The fourth-order valence-corrected chi connectivity index (χ4v) is 2.10. The van der Waals surface area contributed by atoms with Crippen LogP contribution in [0.5, 0.6) is 0 Å². The summed E-state index contributed by atoms with van der Waals surface area (Å²) < 4.78 is 38.9. The Kier molecular flexibility index (Phi) is 2.74. The lowest BCUT2D eigenvalue weighted by Gasteiger charge is -1.98. The summed E-state index contributed by atoms with van der Waals surface area (Å²) in [5.41, 5.74) is 0.162. The summed E-state index contributed by atoms with van der Waals surface area (Å²) in [6.07, 6.45) is 0. The normalized spacial score (nSPS) is 10.7. The van der Waals surface area contributed by atoms with Gasteiger partial charge in [-0.25, -0.2) is 13.2 Å². The molecule has 1 aromatic heterocycles. The first-order chi connectivity index (χ1) is 7.08. The second-order valence-electron chi connectivity index (χ2n) is 2.61.